The molecule has 0 spiro atoms. The zero-order valence-corrected chi connectivity index (χ0v) is 14.2. The van der Waals surface area contributed by atoms with Crippen LogP contribution in [0.15, 0.2) is 67.0 Å². The second-order valence-electron chi connectivity index (χ2n) is 5.92. The molecule has 0 unspecified atom stereocenters. The third-order valence-electron chi connectivity index (χ3n) is 4.07. The molecule has 0 saturated heterocycles. The summed E-state index contributed by atoms with van der Waals surface area (Å²) in [7, 11) is 0. The molecule has 1 amide bonds. The second-order valence-corrected chi connectivity index (χ2v) is 5.92. The predicted octanol–water partition coefficient (Wildman–Crippen LogP) is 2.64. The summed E-state index contributed by atoms with van der Waals surface area (Å²) >= 11 is 0. The van der Waals surface area contributed by atoms with E-state index < -0.39 is 0 Å². The van der Waals surface area contributed by atoms with Gasteiger partial charge in [0.05, 0.1) is 36.6 Å². The highest BCUT2D eigenvalue weighted by molar-refractivity contribution is 5.76. The van der Waals surface area contributed by atoms with Crippen LogP contribution in [0.25, 0.3) is 0 Å². The van der Waals surface area contributed by atoms with Crippen LogP contribution in [0.2, 0.25) is 0 Å². The molecule has 130 valence electrons. The molecule has 6 heteroatoms. The second kappa shape index (κ2) is 8.58. The van der Waals surface area contributed by atoms with E-state index >= 15 is 0 Å². The number of aryl methyl sites for hydroxylation is 1. The Balaban J connectivity index is 1.62. The molecule has 1 atom stereocenters. The van der Waals surface area contributed by atoms with Crippen LogP contribution in [-0.2, 0) is 17.8 Å². The molecular formula is C20H19N5O. The number of nitriles is 1. The number of rotatable bonds is 7. The number of carbonyl (C=O) groups is 1. The minimum Gasteiger partial charge on any atom is -0.347 e. The monoisotopic (exact) mass is 345 g/mol. The molecule has 0 bridgehead atoms. The van der Waals surface area contributed by atoms with E-state index in [-0.39, 0.29) is 11.9 Å². The molecule has 1 heterocycles. The average molecular weight is 345 g/mol. The molecule has 0 aliphatic heterocycles. The Labute approximate surface area is 152 Å². The Bertz CT molecular complexity index is 867. The Morgan fingerprint density at radius 1 is 1.08 bits per heavy atom. The van der Waals surface area contributed by atoms with Gasteiger partial charge < -0.3 is 5.32 Å². The number of nitrogens with one attached hydrogen (secondary N) is 1. The molecule has 6 nitrogen and oxygen atoms in total. The average Bonchev–Trinajstić information content (AvgIpc) is 3.20. The highest BCUT2D eigenvalue weighted by Gasteiger charge is 2.16. The molecule has 1 N–H and O–H groups in total. The van der Waals surface area contributed by atoms with E-state index in [2.05, 4.69) is 21.6 Å². The van der Waals surface area contributed by atoms with Crippen LogP contribution < -0.4 is 5.32 Å². The largest absolute Gasteiger partial charge is 0.347 e. The summed E-state index contributed by atoms with van der Waals surface area (Å²) in [6, 6.07) is 19.0. The van der Waals surface area contributed by atoms with Gasteiger partial charge in [-0.05, 0) is 29.7 Å². The fourth-order valence-electron chi connectivity index (χ4n) is 2.69. The molecule has 2 aromatic carbocycles. The van der Waals surface area contributed by atoms with Gasteiger partial charge in [-0.3, -0.25) is 4.79 Å². The first kappa shape index (κ1) is 17.4. The lowest BCUT2D eigenvalue weighted by molar-refractivity contribution is -0.121. The van der Waals surface area contributed by atoms with Crippen LogP contribution in [0.3, 0.4) is 0 Å². The Kier molecular flexibility index (Phi) is 5.73. The molecule has 0 aliphatic rings. The maximum atomic E-state index is 12.4. The molecule has 0 saturated carbocycles. The van der Waals surface area contributed by atoms with Crippen LogP contribution >= 0.6 is 0 Å². The standard InChI is InChI=1S/C20H19N5O/c21-14-17-8-6-16(7-9-17)10-11-20(26)24-19(15-25-22-12-13-23-25)18-4-2-1-3-5-18/h1-9,12-13,19H,10-11,15H2,(H,24,26)/t19-/m0/s1. The van der Waals surface area contributed by atoms with Crippen LogP contribution in [0, 0.1) is 11.3 Å². The van der Waals surface area contributed by atoms with E-state index in [0.717, 1.165) is 11.1 Å². The summed E-state index contributed by atoms with van der Waals surface area (Å²) in [4.78, 5) is 14.0. The smallest absolute Gasteiger partial charge is 0.220 e. The van der Waals surface area contributed by atoms with E-state index in [9.17, 15) is 4.79 Å². The molecule has 1 aromatic heterocycles. The highest BCUT2D eigenvalue weighted by Crippen LogP contribution is 2.15. The number of hydrogen-bond acceptors (Lipinski definition) is 4. The minimum atomic E-state index is -0.197. The maximum Gasteiger partial charge on any atom is 0.220 e. The zero-order valence-electron chi connectivity index (χ0n) is 14.2. The van der Waals surface area contributed by atoms with Crippen molar-refractivity contribution in [2.24, 2.45) is 0 Å². The first-order valence-electron chi connectivity index (χ1n) is 8.42. The van der Waals surface area contributed by atoms with Crippen molar-refractivity contribution in [1.82, 2.24) is 20.3 Å². The van der Waals surface area contributed by atoms with Gasteiger partial charge in [-0.2, -0.15) is 20.3 Å². The first-order chi connectivity index (χ1) is 12.7. The lowest BCUT2D eigenvalue weighted by Gasteiger charge is -2.19. The van der Waals surface area contributed by atoms with E-state index in [1.165, 1.54) is 0 Å². The van der Waals surface area contributed by atoms with Gasteiger partial charge in [0, 0.05) is 6.42 Å². The van der Waals surface area contributed by atoms with E-state index in [1.807, 2.05) is 42.5 Å². The molecule has 26 heavy (non-hydrogen) atoms. The maximum absolute atomic E-state index is 12.4. The van der Waals surface area contributed by atoms with Gasteiger partial charge in [0.2, 0.25) is 5.91 Å². The van der Waals surface area contributed by atoms with Crippen molar-refractivity contribution in [2.75, 3.05) is 0 Å². The highest BCUT2D eigenvalue weighted by atomic mass is 16.1. The van der Waals surface area contributed by atoms with Crippen molar-refractivity contribution in [3.63, 3.8) is 0 Å². The normalized spacial score (nSPS) is 11.5. The summed E-state index contributed by atoms with van der Waals surface area (Å²) in [6.07, 6.45) is 4.24. The molecule has 0 aliphatic carbocycles. The summed E-state index contributed by atoms with van der Waals surface area (Å²) in [6.45, 7) is 0.472. The number of nitrogens with zero attached hydrogens (tertiary/aromatic N) is 4. The fraction of sp³-hybridized carbons (Fsp3) is 0.200. The summed E-state index contributed by atoms with van der Waals surface area (Å²) < 4.78 is 0. The van der Waals surface area contributed by atoms with Gasteiger partial charge in [-0.25, -0.2) is 0 Å². The Morgan fingerprint density at radius 3 is 2.42 bits per heavy atom. The number of carbonyl (C=O) groups excluding carboxylic acids is 1. The molecule has 3 aromatic rings. The Morgan fingerprint density at radius 2 is 1.77 bits per heavy atom. The van der Waals surface area contributed by atoms with E-state index in [0.29, 0.717) is 24.9 Å². The lowest BCUT2D eigenvalue weighted by atomic mass is 10.1. The van der Waals surface area contributed by atoms with Gasteiger partial charge in [0.25, 0.3) is 0 Å². The van der Waals surface area contributed by atoms with E-state index in [4.69, 9.17) is 5.26 Å². The molecule has 0 radical (unpaired) electrons. The first-order valence-corrected chi connectivity index (χ1v) is 8.42. The molecule has 3 rings (SSSR count). The third-order valence-corrected chi connectivity index (χ3v) is 4.07. The lowest BCUT2D eigenvalue weighted by Crippen LogP contribution is -2.32. The quantitative estimate of drug-likeness (QED) is 0.713. The SMILES string of the molecule is N#Cc1ccc(CCC(=O)N[C@@H](Cn2nccn2)c2ccccc2)cc1. The van der Waals surface area contributed by atoms with Gasteiger partial charge in [0.15, 0.2) is 0 Å². The fourth-order valence-corrected chi connectivity index (χ4v) is 2.69. The number of aromatic nitrogens is 3. The van der Waals surface area contributed by atoms with Crippen molar-refractivity contribution in [3.8, 4) is 6.07 Å². The van der Waals surface area contributed by atoms with Gasteiger partial charge in [-0.1, -0.05) is 42.5 Å². The number of benzene rings is 2. The van der Waals surface area contributed by atoms with Crippen LogP contribution in [0.1, 0.15) is 29.2 Å². The Hall–Kier alpha value is -3.46. The van der Waals surface area contributed by atoms with Crippen LogP contribution in [0.4, 0.5) is 0 Å². The van der Waals surface area contributed by atoms with Gasteiger partial charge in [0.1, 0.15) is 0 Å². The zero-order chi connectivity index (χ0) is 18.2. The summed E-state index contributed by atoms with van der Waals surface area (Å²) in [5.74, 6) is -0.0321. The van der Waals surface area contributed by atoms with Crippen LogP contribution in [-0.4, -0.2) is 20.9 Å². The van der Waals surface area contributed by atoms with Crippen molar-refractivity contribution in [3.05, 3.63) is 83.7 Å². The number of hydrogen-bond donors (Lipinski definition) is 1. The van der Waals surface area contributed by atoms with Crippen molar-refractivity contribution >= 4 is 5.91 Å². The molecular weight excluding hydrogens is 326 g/mol. The third kappa shape index (κ3) is 4.77. The summed E-state index contributed by atoms with van der Waals surface area (Å²) in [5, 5.41) is 20.2. The predicted molar refractivity (Wildman–Crippen MR) is 96.8 cm³/mol. The van der Waals surface area contributed by atoms with Gasteiger partial charge in [-0.15, -0.1) is 0 Å². The van der Waals surface area contributed by atoms with Crippen LogP contribution in [0.5, 0.6) is 0 Å². The number of amides is 1. The van der Waals surface area contributed by atoms with Crippen molar-refractivity contribution < 1.29 is 4.79 Å². The summed E-state index contributed by atoms with van der Waals surface area (Å²) in [5.41, 5.74) is 2.66. The van der Waals surface area contributed by atoms with Crippen molar-refractivity contribution in [2.45, 2.75) is 25.4 Å². The minimum absolute atomic E-state index is 0.0321. The van der Waals surface area contributed by atoms with E-state index in [1.54, 1.807) is 29.3 Å². The molecule has 0 fully saturated rings. The topological polar surface area (TPSA) is 83.6 Å². The van der Waals surface area contributed by atoms with Crippen molar-refractivity contribution in [1.29, 1.82) is 5.26 Å². The van der Waals surface area contributed by atoms with Gasteiger partial charge >= 0.3 is 0 Å².